The minimum absolute atomic E-state index is 0.443. The summed E-state index contributed by atoms with van der Waals surface area (Å²) in [7, 11) is 0. The molecule has 0 radical (unpaired) electrons. The van der Waals surface area contributed by atoms with Gasteiger partial charge >= 0.3 is 0 Å². The third kappa shape index (κ3) is 4.29. The Labute approximate surface area is 146 Å². The Morgan fingerprint density at radius 1 is 1.43 bits per heavy atom. The van der Waals surface area contributed by atoms with Crippen LogP contribution in [0.4, 0.5) is 0 Å². The highest BCUT2D eigenvalue weighted by atomic mass is 35.5. The lowest BCUT2D eigenvalue weighted by Gasteiger charge is -2.12. The summed E-state index contributed by atoms with van der Waals surface area (Å²) >= 11 is 11.8. The summed E-state index contributed by atoms with van der Waals surface area (Å²) in [5, 5.41) is 5.32. The van der Waals surface area contributed by atoms with Crippen LogP contribution in [-0.2, 0) is 4.84 Å². The first kappa shape index (κ1) is 16.4. The van der Waals surface area contributed by atoms with Crippen molar-refractivity contribution < 1.29 is 4.84 Å². The molecule has 2 aliphatic rings. The molecule has 0 amide bonds. The van der Waals surface area contributed by atoms with E-state index in [1.165, 1.54) is 18.7 Å². The van der Waals surface area contributed by atoms with Crippen molar-refractivity contribution in [1.29, 1.82) is 0 Å². The molecule has 2 bridgehead atoms. The van der Waals surface area contributed by atoms with Crippen molar-refractivity contribution in [2.75, 3.05) is 26.2 Å². The second-order valence-electron chi connectivity index (χ2n) is 5.87. The van der Waals surface area contributed by atoms with E-state index in [-0.39, 0.29) is 0 Å². The monoisotopic (exact) mass is 348 g/mol. The summed E-state index contributed by atoms with van der Waals surface area (Å²) < 4.78 is 0. The van der Waals surface area contributed by atoms with Gasteiger partial charge in [-0.25, -0.2) is 0 Å². The molecule has 0 spiro atoms. The third-order valence-electron chi connectivity index (χ3n) is 4.10. The first-order valence-electron chi connectivity index (χ1n) is 7.67. The number of benzene rings is 1. The van der Waals surface area contributed by atoms with E-state index in [4.69, 9.17) is 28.0 Å². The first-order chi connectivity index (χ1) is 11.1. The van der Waals surface area contributed by atoms with Crippen molar-refractivity contribution in [3.05, 3.63) is 45.5 Å². The van der Waals surface area contributed by atoms with Crippen molar-refractivity contribution in [2.45, 2.75) is 13.3 Å². The minimum Gasteiger partial charge on any atom is -0.392 e. The van der Waals surface area contributed by atoms with E-state index >= 15 is 0 Å². The molecule has 3 rings (SSSR count). The molecule has 0 aliphatic carbocycles. The molecule has 120 valence electrons. The van der Waals surface area contributed by atoms with Gasteiger partial charge in [-0.15, -0.1) is 0 Å². The number of oxime groups is 1. The number of halogens is 2. The molecule has 0 aromatic heterocycles. The Morgan fingerprint density at radius 3 is 3.00 bits per heavy atom. The van der Waals surface area contributed by atoms with E-state index < -0.39 is 0 Å². The zero-order valence-electron chi connectivity index (χ0n) is 13.0. The Hall–Kier alpha value is -1.47. The SMILES string of the molecule is C/C(C#Cc1ccc(Cl)c(Cl)c1)=C/CO/N=C1/CN2CCC1C2. The molecule has 2 atom stereocenters. The van der Waals surface area contributed by atoms with E-state index in [1.54, 1.807) is 12.1 Å². The van der Waals surface area contributed by atoms with Crippen molar-refractivity contribution in [2.24, 2.45) is 11.1 Å². The second-order valence-corrected chi connectivity index (χ2v) is 6.68. The van der Waals surface area contributed by atoms with Crippen LogP contribution in [0, 0.1) is 17.8 Å². The average molecular weight is 349 g/mol. The third-order valence-corrected chi connectivity index (χ3v) is 4.84. The molecule has 2 aliphatic heterocycles. The topological polar surface area (TPSA) is 24.8 Å². The average Bonchev–Trinajstić information content (AvgIpc) is 3.15. The quantitative estimate of drug-likeness (QED) is 0.468. The number of nitrogens with zero attached hydrogens (tertiary/aromatic N) is 2. The van der Waals surface area contributed by atoms with E-state index in [0.717, 1.165) is 24.2 Å². The molecular weight excluding hydrogens is 331 g/mol. The van der Waals surface area contributed by atoms with Crippen molar-refractivity contribution in [3.8, 4) is 11.8 Å². The molecule has 1 aromatic carbocycles. The number of hydrogen-bond acceptors (Lipinski definition) is 3. The van der Waals surface area contributed by atoms with Crippen molar-refractivity contribution in [3.63, 3.8) is 0 Å². The summed E-state index contributed by atoms with van der Waals surface area (Å²) in [6.45, 7) is 5.70. The van der Waals surface area contributed by atoms with E-state index in [2.05, 4.69) is 21.9 Å². The Bertz CT molecular complexity index is 715. The van der Waals surface area contributed by atoms with Gasteiger partial charge in [0.2, 0.25) is 0 Å². The number of allylic oxidation sites excluding steroid dienone is 1. The number of fused-ring (bicyclic) bond motifs is 2. The van der Waals surface area contributed by atoms with E-state index in [0.29, 0.717) is 22.6 Å². The summed E-state index contributed by atoms with van der Waals surface area (Å²) in [6, 6.07) is 5.36. The van der Waals surface area contributed by atoms with Gasteiger partial charge in [0, 0.05) is 24.6 Å². The van der Waals surface area contributed by atoms with Crippen LogP contribution in [0.1, 0.15) is 18.9 Å². The molecule has 0 saturated carbocycles. The lowest BCUT2D eigenvalue weighted by Crippen LogP contribution is -2.23. The van der Waals surface area contributed by atoms with Crippen LogP contribution in [0.5, 0.6) is 0 Å². The predicted octanol–water partition coefficient (Wildman–Crippen LogP) is 4.00. The second kappa shape index (κ2) is 7.40. The van der Waals surface area contributed by atoms with Gasteiger partial charge in [0.1, 0.15) is 6.61 Å². The Balaban J connectivity index is 1.51. The lowest BCUT2D eigenvalue weighted by molar-refractivity contribution is 0.171. The van der Waals surface area contributed by atoms with Crippen LogP contribution in [0.3, 0.4) is 0 Å². The van der Waals surface area contributed by atoms with Gasteiger partial charge in [0.15, 0.2) is 0 Å². The maximum Gasteiger partial charge on any atom is 0.136 e. The summed E-state index contributed by atoms with van der Waals surface area (Å²) in [5.41, 5.74) is 2.96. The standard InChI is InChI=1S/C18H18Cl2N2O/c1-13(2-3-14-4-5-16(19)17(20)10-14)7-9-23-21-18-12-22-8-6-15(18)11-22/h4-5,7,10,15H,6,8-9,11-12H2,1H3/b13-7-,21-18-. The van der Waals surface area contributed by atoms with Crippen LogP contribution in [0.25, 0.3) is 0 Å². The lowest BCUT2D eigenvalue weighted by atomic mass is 10.0. The number of piperidine rings is 1. The van der Waals surface area contributed by atoms with Crippen LogP contribution in [-0.4, -0.2) is 36.9 Å². The maximum absolute atomic E-state index is 5.97. The zero-order chi connectivity index (χ0) is 16.2. The predicted molar refractivity (Wildman–Crippen MR) is 95.0 cm³/mol. The molecule has 3 nitrogen and oxygen atoms in total. The highest BCUT2D eigenvalue weighted by Gasteiger charge is 2.35. The Kier molecular flexibility index (Phi) is 5.27. The van der Waals surface area contributed by atoms with Gasteiger partial charge in [-0.1, -0.05) is 40.2 Å². The fourth-order valence-electron chi connectivity index (χ4n) is 2.79. The summed E-state index contributed by atoms with van der Waals surface area (Å²) in [6.07, 6.45) is 3.15. The van der Waals surface area contributed by atoms with Gasteiger partial charge in [0.05, 0.1) is 15.8 Å². The van der Waals surface area contributed by atoms with Gasteiger partial charge in [0.25, 0.3) is 0 Å². The normalized spacial score (nSPS) is 24.7. The largest absolute Gasteiger partial charge is 0.392 e. The minimum atomic E-state index is 0.443. The molecule has 2 saturated heterocycles. The summed E-state index contributed by atoms with van der Waals surface area (Å²) in [4.78, 5) is 7.82. The van der Waals surface area contributed by atoms with Gasteiger partial charge in [-0.2, -0.15) is 0 Å². The number of hydrogen-bond donors (Lipinski definition) is 0. The maximum atomic E-state index is 5.97. The molecule has 5 heteroatoms. The van der Waals surface area contributed by atoms with Crippen LogP contribution < -0.4 is 0 Å². The van der Waals surface area contributed by atoms with Gasteiger partial charge in [-0.05, 0) is 49.7 Å². The van der Waals surface area contributed by atoms with Gasteiger partial charge in [-0.3, -0.25) is 4.90 Å². The molecule has 23 heavy (non-hydrogen) atoms. The van der Waals surface area contributed by atoms with Crippen molar-refractivity contribution in [1.82, 2.24) is 4.90 Å². The molecular formula is C18H18Cl2N2O. The molecule has 2 fully saturated rings. The van der Waals surface area contributed by atoms with E-state index in [1.807, 2.05) is 19.1 Å². The molecule has 2 unspecified atom stereocenters. The highest BCUT2D eigenvalue weighted by Crippen LogP contribution is 2.25. The van der Waals surface area contributed by atoms with Crippen molar-refractivity contribution >= 4 is 28.9 Å². The van der Waals surface area contributed by atoms with Crippen LogP contribution in [0.2, 0.25) is 10.0 Å². The fraction of sp³-hybridized carbons (Fsp3) is 0.389. The Morgan fingerprint density at radius 2 is 2.30 bits per heavy atom. The molecule has 1 aromatic rings. The van der Waals surface area contributed by atoms with E-state index in [9.17, 15) is 0 Å². The smallest absolute Gasteiger partial charge is 0.136 e. The fourth-order valence-corrected chi connectivity index (χ4v) is 3.09. The summed E-state index contributed by atoms with van der Waals surface area (Å²) in [5.74, 6) is 6.74. The highest BCUT2D eigenvalue weighted by molar-refractivity contribution is 6.42. The first-order valence-corrected chi connectivity index (χ1v) is 8.42. The van der Waals surface area contributed by atoms with Crippen LogP contribution in [0.15, 0.2) is 35.0 Å². The van der Waals surface area contributed by atoms with Gasteiger partial charge < -0.3 is 4.84 Å². The zero-order valence-corrected chi connectivity index (χ0v) is 14.5. The van der Waals surface area contributed by atoms with Crippen LogP contribution >= 0.6 is 23.2 Å². The molecule has 2 heterocycles. The number of rotatable bonds is 3. The molecule has 0 N–H and O–H groups in total.